The lowest BCUT2D eigenvalue weighted by molar-refractivity contribution is -0.610. The molecule has 0 fully saturated rings. The monoisotopic (exact) mass is 470 g/mol. The topological polar surface area (TPSA) is 58.9 Å². The number of hydrogen-bond acceptors (Lipinski definition) is 5. The van der Waals surface area contributed by atoms with Gasteiger partial charge in [0.2, 0.25) is 0 Å². The van der Waals surface area contributed by atoms with E-state index in [0.29, 0.717) is 0 Å². The Morgan fingerprint density at radius 3 is 2.47 bits per heavy atom. The van der Waals surface area contributed by atoms with E-state index in [-0.39, 0.29) is 5.78 Å². The first-order valence-electron chi connectivity index (χ1n) is 11.1. The molecule has 7 heteroatoms. The van der Waals surface area contributed by atoms with E-state index in [4.69, 9.17) is 9.72 Å². The molecule has 4 rings (SSSR count). The lowest BCUT2D eigenvalue weighted by atomic mass is 9.80. The van der Waals surface area contributed by atoms with Crippen LogP contribution in [-0.2, 0) is 21.4 Å². The number of ketones is 1. The maximum Gasteiger partial charge on any atom is 0.402 e. The van der Waals surface area contributed by atoms with Crippen molar-refractivity contribution in [1.29, 1.82) is 0 Å². The Balaban J connectivity index is 1.81. The number of methoxy groups -OCH3 is 1. The van der Waals surface area contributed by atoms with Gasteiger partial charge in [-0.3, -0.25) is 4.79 Å². The molecule has 0 radical (unpaired) electrons. The number of nitrogens with zero attached hydrogens (tertiary/aromatic N) is 2. The molecule has 0 spiro atoms. The summed E-state index contributed by atoms with van der Waals surface area (Å²) in [7, 11) is 5.46. The first-order valence-corrected chi connectivity index (χ1v) is 13.5. The summed E-state index contributed by atoms with van der Waals surface area (Å²) in [6.45, 7) is 12.4. The fraction of sp³-hybridized carbons (Fsp3) is 0.480. The van der Waals surface area contributed by atoms with Crippen LogP contribution in [0.1, 0.15) is 63.4 Å². The summed E-state index contributed by atoms with van der Waals surface area (Å²) in [5.74, 6) is 3.92. The van der Waals surface area contributed by atoms with Crippen molar-refractivity contribution in [3.63, 3.8) is 0 Å². The number of imidazole rings is 1. The lowest BCUT2D eigenvalue weighted by Crippen LogP contribution is -2.37. The molecule has 5 nitrogen and oxygen atoms in total. The number of rotatable bonds is 7. The SMILES string of the molecule is CCCSSCc1c(C)c(OC)cc[n+]1-c1nc2cc3c(cc2[nH]1)C(C)(C)C(=O)C3(C)C. The number of Topliss-reactive ketones (excluding diaryl/α,β-unsaturated/α-hetero) is 1. The van der Waals surface area contributed by atoms with Crippen LogP contribution in [0.2, 0.25) is 0 Å². The van der Waals surface area contributed by atoms with Crippen molar-refractivity contribution in [1.82, 2.24) is 9.97 Å². The van der Waals surface area contributed by atoms with E-state index in [1.54, 1.807) is 7.11 Å². The fourth-order valence-electron chi connectivity index (χ4n) is 4.73. The van der Waals surface area contributed by atoms with Gasteiger partial charge in [0.25, 0.3) is 0 Å². The molecular weight excluding hydrogens is 438 g/mol. The number of fused-ring (bicyclic) bond motifs is 2. The van der Waals surface area contributed by atoms with Crippen LogP contribution < -0.4 is 9.30 Å². The van der Waals surface area contributed by atoms with Crippen molar-refractivity contribution < 1.29 is 14.1 Å². The molecule has 170 valence electrons. The largest absolute Gasteiger partial charge is 0.496 e. The van der Waals surface area contributed by atoms with Gasteiger partial charge < -0.3 is 4.74 Å². The number of pyridine rings is 1. The van der Waals surface area contributed by atoms with E-state index in [2.05, 4.69) is 35.5 Å². The van der Waals surface area contributed by atoms with Crippen molar-refractivity contribution in [2.45, 2.75) is 64.5 Å². The zero-order valence-corrected chi connectivity index (χ0v) is 21.6. The predicted octanol–water partition coefficient (Wildman–Crippen LogP) is 5.59. The number of carbonyl (C=O) groups excluding carboxylic acids is 1. The van der Waals surface area contributed by atoms with Crippen LogP contribution in [-0.4, -0.2) is 28.6 Å². The summed E-state index contributed by atoms with van der Waals surface area (Å²) < 4.78 is 7.71. The molecule has 32 heavy (non-hydrogen) atoms. The summed E-state index contributed by atoms with van der Waals surface area (Å²) in [6, 6.07) is 6.21. The molecular formula is C25H32N3O2S2+. The average Bonchev–Trinajstić information content (AvgIpc) is 3.23. The van der Waals surface area contributed by atoms with Gasteiger partial charge in [-0.25, -0.2) is 9.55 Å². The van der Waals surface area contributed by atoms with Gasteiger partial charge in [-0.2, -0.15) is 0 Å². The quantitative estimate of drug-likeness (QED) is 0.277. The Bertz CT molecular complexity index is 1140. The minimum Gasteiger partial charge on any atom is -0.496 e. The normalized spacial score (nSPS) is 16.5. The Morgan fingerprint density at radius 2 is 1.81 bits per heavy atom. The van der Waals surface area contributed by atoms with Crippen molar-refractivity contribution in [2.24, 2.45) is 0 Å². The van der Waals surface area contributed by atoms with Gasteiger partial charge in [-0.1, -0.05) is 33.5 Å². The molecule has 0 atom stereocenters. The van der Waals surface area contributed by atoms with Crippen molar-refractivity contribution in [3.8, 4) is 11.7 Å². The van der Waals surface area contributed by atoms with Gasteiger partial charge in [0.15, 0.2) is 11.3 Å². The third-order valence-electron chi connectivity index (χ3n) is 6.57. The Morgan fingerprint density at radius 1 is 1.12 bits per heavy atom. The highest BCUT2D eigenvalue weighted by Gasteiger charge is 2.50. The third kappa shape index (κ3) is 3.63. The second-order valence-corrected chi connectivity index (χ2v) is 12.0. The molecule has 0 saturated heterocycles. The lowest BCUT2D eigenvalue weighted by Gasteiger charge is -2.21. The van der Waals surface area contributed by atoms with E-state index in [1.165, 1.54) is 5.69 Å². The molecule has 0 saturated carbocycles. The second-order valence-electron chi connectivity index (χ2n) is 9.46. The molecule has 1 aliphatic rings. The minimum atomic E-state index is -0.506. The van der Waals surface area contributed by atoms with Crippen LogP contribution in [0, 0.1) is 6.92 Å². The highest BCUT2D eigenvalue weighted by molar-refractivity contribution is 8.76. The molecule has 1 aliphatic carbocycles. The van der Waals surface area contributed by atoms with E-state index in [9.17, 15) is 4.79 Å². The maximum absolute atomic E-state index is 13.0. The van der Waals surface area contributed by atoms with Gasteiger partial charge in [-0.15, -0.1) is 0 Å². The smallest absolute Gasteiger partial charge is 0.402 e. The number of aromatic amines is 1. The zero-order valence-electron chi connectivity index (χ0n) is 20.0. The highest BCUT2D eigenvalue weighted by Crippen LogP contribution is 2.47. The number of nitrogens with one attached hydrogen (secondary N) is 1. The number of carbonyl (C=O) groups is 1. The predicted molar refractivity (Wildman–Crippen MR) is 134 cm³/mol. The Hall–Kier alpha value is -1.99. The second kappa shape index (κ2) is 8.41. The Kier molecular flexibility index (Phi) is 6.09. The van der Waals surface area contributed by atoms with Gasteiger partial charge >= 0.3 is 5.95 Å². The highest BCUT2D eigenvalue weighted by atomic mass is 33.1. The van der Waals surface area contributed by atoms with Crippen LogP contribution in [0.25, 0.3) is 17.0 Å². The third-order valence-corrected chi connectivity index (χ3v) is 9.06. The molecule has 0 bridgehead atoms. The van der Waals surface area contributed by atoms with E-state index < -0.39 is 10.8 Å². The summed E-state index contributed by atoms with van der Waals surface area (Å²) in [5, 5.41) is 0. The van der Waals surface area contributed by atoms with Gasteiger partial charge in [0, 0.05) is 28.2 Å². The maximum atomic E-state index is 13.0. The number of aromatic nitrogens is 3. The van der Waals surface area contributed by atoms with E-state index in [1.807, 2.05) is 61.5 Å². The standard InChI is InChI=1S/C25H32N3O2S2/c1-8-11-31-32-14-20-15(2)21(30-7)9-10-28(20)23-26-18-12-16-17(13-19(18)27-23)25(5,6)22(29)24(16,3)4/h9-10,12-13H,8,11,14H2,1-7H3,(H,26,27)/q+1. The summed E-state index contributed by atoms with van der Waals surface area (Å²) >= 11 is 0. The van der Waals surface area contributed by atoms with E-state index in [0.717, 1.165) is 57.3 Å². The Labute approximate surface area is 198 Å². The minimum absolute atomic E-state index is 0.261. The molecule has 1 N–H and O–H groups in total. The van der Waals surface area contributed by atoms with Crippen molar-refractivity contribution in [2.75, 3.05) is 12.9 Å². The molecule has 0 aliphatic heterocycles. The molecule has 1 aromatic carbocycles. The van der Waals surface area contributed by atoms with Crippen molar-refractivity contribution in [3.05, 3.63) is 46.8 Å². The van der Waals surface area contributed by atoms with E-state index >= 15 is 0 Å². The molecule has 3 aromatic rings. The number of hydrogen-bond donors (Lipinski definition) is 1. The molecule has 0 amide bonds. The first kappa shape index (κ1) is 23.2. The fourth-order valence-corrected chi connectivity index (χ4v) is 7.01. The summed E-state index contributed by atoms with van der Waals surface area (Å²) in [5.41, 5.74) is 5.30. The van der Waals surface area contributed by atoms with Gasteiger partial charge in [0.1, 0.15) is 17.0 Å². The van der Waals surface area contributed by atoms with Crippen LogP contribution in [0.15, 0.2) is 24.4 Å². The van der Waals surface area contributed by atoms with Crippen molar-refractivity contribution >= 4 is 38.4 Å². The average molecular weight is 471 g/mol. The van der Waals surface area contributed by atoms with Gasteiger partial charge in [-0.05, 0) is 64.3 Å². The van der Waals surface area contributed by atoms with Crippen LogP contribution in [0.5, 0.6) is 5.75 Å². The first-order chi connectivity index (χ1) is 15.1. The molecule has 2 aromatic heterocycles. The number of ether oxygens (including phenoxy) is 1. The van der Waals surface area contributed by atoms with Crippen LogP contribution in [0.4, 0.5) is 0 Å². The zero-order chi connectivity index (χ0) is 23.3. The van der Waals surface area contributed by atoms with Gasteiger partial charge in [0.05, 0.1) is 19.1 Å². The number of H-pyrrole nitrogens is 1. The summed E-state index contributed by atoms with van der Waals surface area (Å²) in [6.07, 6.45) is 3.19. The summed E-state index contributed by atoms with van der Waals surface area (Å²) in [4.78, 5) is 21.5. The number of benzene rings is 1. The van der Waals surface area contributed by atoms with Crippen LogP contribution >= 0.6 is 21.6 Å². The van der Waals surface area contributed by atoms with Crippen LogP contribution in [0.3, 0.4) is 0 Å². The molecule has 2 heterocycles. The molecule has 0 unspecified atom stereocenters.